The number of aromatic nitrogens is 2. The van der Waals surface area contributed by atoms with Crippen molar-refractivity contribution in [3.8, 4) is 23.3 Å². The molecule has 1 N–H and O–H groups in total. The molecule has 0 spiro atoms. The van der Waals surface area contributed by atoms with Crippen LogP contribution in [-0.4, -0.2) is 35.9 Å². The first kappa shape index (κ1) is 24.7. The Morgan fingerprint density at radius 2 is 1.76 bits per heavy atom. The number of anilines is 1. The van der Waals surface area contributed by atoms with Crippen molar-refractivity contribution in [3.63, 3.8) is 0 Å². The Labute approximate surface area is 202 Å². The predicted octanol–water partition coefficient (Wildman–Crippen LogP) is 4.87. The average molecular weight is 479 g/mol. The van der Waals surface area contributed by atoms with Gasteiger partial charge in [-0.15, -0.1) is 10.2 Å². The maximum absolute atomic E-state index is 12.4. The Morgan fingerprint density at radius 3 is 2.41 bits per heavy atom. The van der Waals surface area contributed by atoms with Crippen molar-refractivity contribution in [2.75, 3.05) is 25.1 Å². The van der Waals surface area contributed by atoms with Crippen LogP contribution >= 0.6 is 11.3 Å². The van der Waals surface area contributed by atoms with Gasteiger partial charge in [0.1, 0.15) is 35.6 Å². The minimum atomic E-state index is -0.555. The van der Waals surface area contributed by atoms with Crippen LogP contribution in [0.15, 0.2) is 42.0 Å². The van der Waals surface area contributed by atoms with Crippen molar-refractivity contribution in [2.24, 2.45) is 0 Å². The Balaban J connectivity index is 1.66. The third-order valence-electron chi connectivity index (χ3n) is 4.50. The fraction of sp³-hybridized carbons (Fsp3) is 0.280. The van der Waals surface area contributed by atoms with Gasteiger partial charge in [0.2, 0.25) is 5.13 Å². The second kappa shape index (κ2) is 11.8. The average Bonchev–Trinajstić information content (AvgIpc) is 3.20. The van der Waals surface area contributed by atoms with E-state index in [1.807, 2.05) is 39.0 Å². The van der Waals surface area contributed by atoms with Crippen molar-refractivity contribution < 1.29 is 19.0 Å². The molecule has 0 aliphatic heterocycles. The fourth-order valence-corrected chi connectivity index (χ4v) is 3.74. The van der Waals surface area contributed by atoms with Gasteiger partial charge in [0.05, 0.1) is 6.61 Å². The molecule has 176 valence electrons. The van der Waals surface area contributed by atoms with Crippen LogP contribution < -0.4 is 19.5 Å². The molecular weight excluding hydrogens is 452 g/mol. The largest absolute Gasteiger partial charge is 0.490 e. The molecule has 0 atom stereocenters. The number of nitrogens with one attached hydrogen (secondary N) is 1. The maximum Gasteiger partial charge on any atom is 0.268 e. The van der Waals surface area contributed by atoms with E-state index in [1.54, 1.807) is 25.1 Å². The van der Waals surface area contributed by atoms with Crippen molar-refractivity contribution >= 4 is 28.5 Å². The molecule has 1 heterocycles. The zero-order chi connectivity index (χ0) is 24.5. The van der Waals surface area contributed by atoms with Crippen LogP contribution in [0.2, 0.25) is 0 Å². The van der Waals surface area contributed by atoms with Crippen LogP contribution in [-0.2, 0) is 4.79 Å². The molecule has 0 radical (unpaired) electrons. The number of hydrogen-bond donors (Lipinski definition) is 1. The Hall–Kier alpha value is -3.90. The molecule has 0 aliphatic rings. The van der Waals surface area contributed by atoms with E-state index in [0.717, 1.165) is 16.9 Å². The predicted molar refractivity (Wildman–Crippen MR) is 131 cm³/mol. The van der Waals surface area contributed by atoms with Gasteiger partial charge in [-0.1, -0.05) is 23.5 Å². The Kier molecular flexibility index (Phi) is 8.60. The van der Waals surface area contributed by atoms with E-state index in [4.69, 9.17) is 14.2 Å². The summed E-state index contributed by atoms with van der Waals surface area (Å²) >= 11 is 1.23. The van der Waals surface area contributed by atoms with E-state index >= 15 is 0 Å². The summed E-state index contributed by atoms with van der Waals surface area (Å²) in [6.45, 7) is 8.84. The van der Waals surface area contributed by atoms with Crippen molar-refractivity contribution in [1.29, 1.82) is 5.26 Å². The molecule has 8 nitrogen and oxygen atoms in total. The minimum absolute atomic E-state index is 0.0641. The van der Waals surface area contributed by atoms with Gasteiger partial charge in [-0.05, 0) is 74.7 Å². The first-order valence-electron chi connectivity index (χ1n) is 10.7. The minimum Gasteiger partial charge on any atom is -0.490 e. The summed E-state index contributed by atoms with van der Waals surface area (Å²) in [5.41, 5.74) is 2.84. The Morgan fingerprint density at radius 1 is 1.03 bits per heavy atom. The highest BCUT2D eigenvalue weighted by molar-refractivity contribution is 7.15. The van der Waals surface area contributed by atoms with E-state index < -0.39 is 5.91 Å². The highest BCUT2D eigenvalue weighted by atomic mass is 32.1. The number of ether oxygens (including phenoxy) is 3. The summed E-state index contributed by atoms with van der Waals surface area (Å²) in [5, 5.41) is 20.8. The number of aryl methyl sites for hydroxylation is 3. The molecule has 0 unspecified atom stereocenters. The normalized spacial score (nSPS) is 11.0. The third-order valence-corrected chi connectivity index (χ3v) is 5.25. The van der Waals surface area contributed by atoms with Gasteiger partial charge in [0, 0.05) is 0 Å². The van der Waals surface area contributed by atoms with E-state index in [2.05, 4.69) is 21.6 Å². The zero-order valence-electron chi connectivity index (χ0n) is 19.5. The molecule has 0 bridgehead atoms. The number of hydrogen-bond acceptors (Lipinski definition) is 8. The molecule has 0 saturated heterocycles. The smallest absolute Gasteiger partial charge is 0.268 e. The lowest BCUT2D eigenvalue weighted by Gasteiger charge is -2.13. The number of carbonyl (C=O) groups is 1. The van der Waals surface area contributed by atoms with Gasteiger partial charge in [-0.25, -0.2) is 0 Å². The van der Waals surface area contributed by atoms with Gasteiger partial charge >= 0.3 is 0 Å². The maximum atomic E-state index is 12.4. The molecule has 1 aromatic heterocycles. The van der Waals surface area contributed by atoms with Crippen molar-refractivity contribution in [2.45, 2.75) is 27.7 Å². The zero-order valence-corrected chi connectivity index (χ0v) is 20.4. The second-order valence-corrected chi connectivity index (χ2v) is 8.59. The summed E-state index contributed by atoms with van der Waals surface area (Å²) < 4.78 is 17.4. The monoisotopic (exact) mass is 478 g/mol. The van der Waals surface area contributed by atoms with Crippen LogP contribution in [0.4, 0.5) is 5.13 Å². The standard InChI is InChI=1S/C25H26N4O4S/c1-5-31-23-14-19(13-20(15-26)24(30)27-25-29-28-18(4)34-25)6-7-22(23)33-9-8-32-21-11-16(2)10-17(3)12-21/h6-7,10-14H,5,8-9H2,1-4H3,(H,27,29,30)/b20-13-. The van der Waals surface area contributed by atoms with Crippen LogP contribution in [0.1, 0.15) is 28.6 Å². The molecule has 2 aromatic carbocycles. The number of amides is 1. The number of carbonyl (C=O) groups excluding carboxylic acids is 1. The molecule has 0 aliphatic carbocycles. The molecule has 34 heavy (non-hydrogen) atoms. The van der Waals surface area contributed by atoms with Gasteiger partial charge in [-0.3, -0.25) is 10.1 Å². The topological polar surface area (TPSA) is 106 Å². The number of rotatable bonds is 10. The SMILES string of the molecule is CCOc1cc(/C=C(/C#N)C(=O)Nc2nnc(C)s2)ccc1OCCOc1cc(C)cc(C)c1. The number of nitriles is 1. The summed E-state index contributed by atoms with van der Waals surface area (Å²) in [5.74, 6) is 1.31. The van der Waals surface area contributed by atoms with Gasteiger partial charge in [0.25, 0.3) is 5.91 Å². The first-order valence-corrected chi connectivity index (χ1v) is 11.5. The van der Waals surface area contributed by atoms with Gasteiger partial charge in [0.15, 0.2) is 11.5 Å². The van der Waals surface area contributed by atoms with Gasteiger partial charge in [-0.2, -0.15) is 5.26 Å². The van der Waals surface area contributed by atoms with E-state index in [1.165, 1.54) is 17.4 Å². The van der Waals surface area contributed by atoms with Gasteiger partial charge < -0.3 is 14.2 Å². The highest BCUT2D eigenvalue weighted by Crippen LogP contribution is 2.29. The van der Waals surface area contributed by atoms with E-state index in [0.29, 0.717) is 47.0 Å². The van der Waals surface area contributed by atoms with Crippen molar-refractivity contribution in [3.05, 3.63) is 63.7 Å². The lowest BCUT2D eigenvalue weighted by atomic mass is 10.1. The van der Waals surface area contributed by atoms with E-state index in [-0.39, 0.29) is 5.57 Å². The van der Waals surface area contributed by atoms with Crippen LogP contribution in [0.25, 0.3) is 6.08 Å². The lowest BCUT2D eigenvalue weighted by molar-refractivity contribution is -0.112. The summed E-state index contributed by atoms with van der Waals surface area (Å²) in [7, 11) is 0. The second-order valence-electron chi connectivity index (χ2n) is 7.41. The Bertz CT molecular complexity index is 1210. The molecule has 9 heteroatoms. The first-order chi connectivity index (χ1) is 16.4. The van der Waals surface area contributed by atoms with Crippen molar-refractivity contribution in [1.82, 2.24) is 10.2 Å². The van der Waals surface area contributed by atoms with Crippen LogP contribution in [0, 0.1) is 32.1 Å². The summed E-state index contributed by atoms with van der Waals surface area (Å²) in [6, 6.07) is 13.2. The lowest BCUT2D eigenvalue weighted by Crippen LogP contribution is -2.13. The molecule has 3 rings (SSSR count). The molecule has 3 aromatic rings. The summed E-state index contributed by atoms with van der Waals surface area (Å²) in [4.78, 5) is 12.4. The highest BCUT2D eigenvalue weighted by Gasteiger charge is 2.13. The van der Waals surface area contributed by atoms with Crippen LogP contribution in [0.3, 0.4) is 0 Å². The molecule has 1 amide bonds. The summed E-state index contributed by atoms with van der Waals surface area (Å²) in [6.07, 6.45) is 1.48. The van der Waals surface area contributed by atoms with Crippen LogP contribution in [0.5, 0.6) is 17.2 Å². The van der Waals surface area contributed by atoms with E-state index in [9.17, 15) is 10.1 Å². The number of nitrogens with zero attached hydrogens (tertiary/aromatic N) is 3. The molecule has 0 fully saturated rings. The molecule has 0 saturated carbocycles. The molecular formula is C25H26N4O4S. The fourth-order valence-electron chi connectivity index (χ4n) is 3.16. The third kappa shape index (κ3) is 7.05. The number of benzene rings is 2. The quantitative estimate of drug-likeness (QED) is 0.252.